The second-order valence-corrected chi connectivity index (χ2v) is 5.20. The molecule has 0 unspecified atom stereocenters. The molecule has 0 spiro atoms. The summed E-state index contributed by atoms with van der Waals surface area (Å²) in [4.78, 5) is 7.63. The Kier molecular flexibility index (Phi) is 2.86. The molecular formula is C16H18N4. The highest BCUT2D eigenvalue weighted by Gasteiger charge is 2.05. The van der Waals surface area contributed by atoms with Crippen molar-refractivity contribution in [3.05, 3.63) is 47.3 Å². The zero-order valence-electron chi connectivity index (χ0n) is 11.9. The Labute approximate surface area is 118 Å². The molecule has 3 rings (SSSR count). The third kappa shape index (κ3) is 2.20. The lowest BCUT2D eigenvalue weighted by Crippen LogP contribution is -1.98. The highest BCUT2D eigenvalue weighted by atomic mass is 14.9. The van der Waals surface area contributed by atoms with Crippen molar-refractivity contribution >= 4 is 28.1 Å². The molecule has 4 N–H and O–H groups in total. The fraction of sp³-hybridized carbons (Fsp3) is 0.188. The van der Waals surface area contributed by atoms with E-state index in [-0.39, 0.29) is 0 Å². The van der Waals surface area contributed by atoms with Gasteiger partial charge < -0.3 is 16.0 Å². The maximum Gasteiger partial charge on any atom is 0.104 e. The predicted octanol–water partition coefficient (Wildman–Crippen LogP) is 3.81. The second-order valence-electron chi connectivity index (χ2n) is 5.20. The number of hydrogen-bond donors (Lipinski definition) is 3. The fourth-order valence-corrected chi connectivity index (χ4v) is 2.32. The molecule has 1 heterocycles. The van der Waals surface area contributed by atoms with E-state index in [4.69, 9.17) is 5.73 Å². The van der Waals surface area contributed by atoms with Crippen LogP contribution in [0.15, 0.2) is 30.3 Å². The molecule has 0 saturated carbocycles. The van der Waals surface area contributed by atoms with Crippen LogP contribution in [0.4, 0.5) is 17.1 Å². The number of nitrogens with two attached hydrogens (primary N) is 1. The van der Waals surface area contributed by atoms with Crippen LogP contribution in [0.25, 0.3) is 11.0 Å². The molecule has 20 heavy (non-hydrogen) atoms. The molecule has 4 nitrogen and oxygen atoms in total. The molecule has 1 aromatic heterocycles. The number of fused-ring (bicyclic) bond motifs is 1. The van der Waals surface area contributed by atoms with Crippen molar-refractivity contribution in [2.24, 2.45) is 0 Å². The topological polar surface area (TPSA) is 66.7 Å². The number of hydrogen-bond acceptors (Lipinski definition) is 3. The Morgan fingerprint density at radius 3 is 2.60 bits per heavy atom. The highest BCUT2D eigenvalue weighted by molar-refractivity contribution is 5.82. The van der Waals surface area contributed by atoms with Crippen molar-refractivity contribution in [3.63, 3.8) is 0 Å². The molecule has 0 aliphatic rings. The molecule has 2 aromatic carbocycles. The van der Waals surface area contributed by atoms with Crippen molar-refractivity contribution in [1.29, 1.82) is 0 Å². The van der Waals surface area contributed by atoms with Gasteiger partial charge in [0.1, 0.15) is 5.82 Å². The van der Waals surface area contributed by atoms with Gasteiger partial charge in [-0.3, -0.25) is 0 Å². The van der Waals surface area contributed by atoms with Crippen LogP contribution in [-0.2, 0) is 0 Å². The predicted molar refractivity (Wildman–Crippen MR) is 84.4 cm³/mol. The first-order valence-electron chi connectivity index (χ1n) is 6.63. The summed E-state index contributed by atoms with van der Waals surface area (Å²) in [7, 11) is 0. The van der Waals surface area contributed by atoms with Gasteiger partial charge in [0.05, 0.1) is 22.4 Å². The van der Waals surface area contributed by atoms with Crippen LogP contribution in [0.1, 0.15) is 17.0 Å². The number of imidazole rings is 1. The van der Waals surface area contributed by atoms with Gasteiger partial charge in [-0.1, -0.05) is 0 Å². The molecule has 0 radical (unpaired) electrons. The molecule has 0 atom stereocenters. The minimum Gasteiger partial charge on any atom is -0.397 e. The van der Waals surface area contributed by atoms with E-state index in [1.165, 1.54) is 11.1 Å². The largest absolute Gasteiger partial charge is 0.397 e. The first kappa shape index (κ1) is 12.5. The number of nitrogen functional groups attached to an aromatic ring is 1. The van der Waals surface area contributed by atoms with Gasteiger partial charge in [0, 0.05) is 5.69 Å². The molecular weight excluding hydrogens is 248 g/mol. The Balaban J connectivity index is 1.98. The van der Waals surface area contributed by atoms with E-state index in [0.29, 0.717) is 0 Å². The lowest BCUT2D eigenvalue weighted by atomic mass is 10.1. The molecule has 4 heteroatoms. The maximum atomic E-state index is 6.07. The third-order valence-electron chi connectivity index (χ3n) is 3.55. The van der Waals surface area contributed by atoms with Gasteiger partial charge in [-0.2, -0.15) is 0 Å². The summed E-state index contributed by atoms with van der Waals surface area (Å²) < 4.78 is 0. The monoisotopic (exact) mass is 266 g/mol. The Hall–Kier alpha value is -2.49. The molecule has 0 saturated heterocycles. The number of aromatic amines is 1. The van der Waals surface area contributed by atoms with Gasteiger partial charge in [0.2, 0.25) is 0 Å². The second kappa shape index (κ2) is 4.56. The van der Waals surface area contributed by atoms with Crippen LogP contribution in [0.5, 0.6) is 0 Å². The van der Waals surface area contributed by atoms with E-state index in [0.717, 1.165) is 33.9 Å². The molecule has 3 aromatic rings. The van der Waals surface area contributed by atoms with Crippen LogP contribution >= 0.6 is 0 Å². The number of aromatic nitrogens is 2. The number of anilines is 3. The summed E-state index contributed by atoms with van der Waals surface area (Å²) in [5.41, 5.74) is 13.2. The van der Waals surface area contributed by atoms with Gasteiger partial charge >= 0.3 is 0 Å². The van der Waals surface area contributed by atoms with Crippen molar-refractivity contribution in [2.45, 2.75) is 20.8 Å². The van der Waals surface area contributed by atoms with Crippen LogP contribution in [0, 0.1) is 20.8 Å². The molecule has 0 amide bonds. The average molecular weight is 266 g/mol. The lowest BCUT2D eigenvalue weighted by Gasteiger charge is -2.12. The normalized spacial score (nSPS) is 10.9. The number of nitrogens with one attached hydrogen (secondary N) is 2. The molecule has 0 bridgehead atoms. The number of benzene rings is 2. The number of aryl methyl sites for hydroxylation is 3. The zero-order chi connectivity index (χ0) is 14.3. The fourth-order valence-electron chi connectivity index (χ4n) is 2.32. The van der Waals surface area contributed by atoms with Crippen LogP contribution in [0.3, 0.4) is 0 Å². The first-order valence-corrected chi connectivity index (χ1v) is 6.63. The summed E-state index contributed by atoms with van der Waals surface area (Å²) in [6.45, 7) is 6.10. The van der Waals surface area contributed by atoms with E-state index in [9.17, 15) is 0 Å². The smallest absolute Gasteiger partial charge is 0.104 e. The lowest BCUT2D eigenvalue weighted by molar-refractivity contribution is 1.17. The summed E-state index contributed by atoms with van der Waals surface area (Å²) in [5.74, 6) is 0.919. The van der Waals surface area contributed by atoms with Gasteiger partial charge in [-0.15, -0.1) is 0 Å². The van der Waals surface area contributed by atoms with Crippen molar-refractivity contribution in [1.82, 2.24) is 9.97 Å². The molecule has 0 aliphatic heterocycles. The quantitative estimate of drug-likeness (QED) is 0.618. The van der Waals surface area contributed by atoms with E-state index < -0.39 is 0 Å². The van der Waals surface area contributed by atoms with Crippen LogP contribution in [-0.4, -0.2) is 9.97 Å². The number of rotatable bonds is 2. The summed E-state index contributed by atoms with van der Waals surface area (Å²) in [6.07, 6.45) is 0. The summed E-state index contributed by atoms with van der Waals surface area (Å²) in [6, 6.07) is 10.1. The Bertz CT molecular complexity index is 787. The van der Waals surface area contributed by atoms with Gasteiger partial charge in [-0.25, -0.2) is 4.98 Å². The van der Waals surface area contributed by atoms with Gasteiger partial charge in [0.15, 0.2) is 0 Å². The molecule has 0 aliphatic carbocycles. The maximum absolute atomic E-state index is 6.07. The first-order chi connectivity index (χ1) is 9.52. The SMILES string of the molecule is Cc1nc2ccc(Nc3cc(C)c(C)cc3N)cc2[nH]1. The number of nitrogens with zero attached hydrogens (tertiary/aromatic N) is 1. The Morgan fingerprint density at radius 2 is 1.80 bits per heavy atom. The van der Waals surface area contributed by atoms with E-state index in [2.05, 4.69) is 35.2 Å². The van der Waals surface area contributed by atoms with Gasteiger partial charge in [0.25, 0.3) is 0 Å². The van der Waals surface area contributed by atoms with Crippen molar-refractivity contribution < 1.29 is 0 Å². The van der Waals surface area contributed by atoms with Crippen molar-refractivity contribution in [3.8, 4) is 0 Å². The minimum absolute atomic E-state index is 0.758. The van der Waals surface area contributed by atoms with Crippen LogP contribution < -0.4 is 11.1 Å². The summed E-state index contributed by atoms with van der Waals surface area (Å²) >= 11 is 0. The van der Waals surface area contributed by atoms with Crippen molar-refractivity contribution in [2.75, 3.05) is 11.1 Å². The van der Waals surface area contributed by atoms with Gasteiger partial charge in [-0.05, 0) is 62.2 Å². The zero-order valence-corrected chi connectivity index (χ0v) is 11.9. The van der Waals surface area contributed by atoms with E-state index in [1.54, 1.807) is 0 Å². The van der Waals surface area contributed by atoms with E-state index >= 15 is 0 Å². The molecule has 0 fully saturated rings. The average Bonchev–Trinajstić information content (AvgIpc) is 2.75. The van der Waals surface area contributed by atoms with E-state index in [1.807, 2.05) is 31.2 Å². The highest BCUT2D eigenvalue weighted by Crippen LogP contribution is 2.27. The third-order valence-corrected chi connectivity index (χ3v) is 3.55. The standard InChI is InChI=1S/C16H18N4/c1-9-6-13(17)15(7-10(9)2)20-12-4-5-14-16(8-12)19-11(3)18-14/h4-8,20H,17H2,1-3H3,(H,18,19). The minimum atomic E-state index is 0.758. The Morgan fingerprint density at radius 1 is 1.05 bits per heavy atom. The molecule has 102 valence electrons. The summed E-state index contributed by atoms with van der Waals surface area (Å²) in [5, 5.41) is 3.37. The van der Waals surface area contributed by atoms with Crippen LogP contribution in [0.2, 0.25) is 0 Å². The number of H-pyrrole nitrogens is 1.